The van der Waals surface area contributed by atoms with E-state index < -0.39 is 18.0 Å². The van der Waals surface area contributed by atoms with Gasteiger partial charge in [-0.2, -0.15) is 18.3 Å². The Bertz CT molecular complexity index is 923. The average molecular weight is 377 g/mol. The second kappa shape index (κ2) is 7.40. The number of hydrogen-bond donors (Lipinski definition) is 1. The van der Waals surface area contributed by atoms with Crippen LogP contribution in [0.25, 0.3) is 5.69 Å². The molecular formula is C18H14F3N3O3. The first-order valence-electron chi connectivity index (χ1n) is 7.72. The number of carbonyl (C=O) groups is 1. The summed E-state index contributed by atoms with van der Waals surface area (Å²) in [7, 11) is 1.47. The van der Waals surface area contributed by atoms with Crippen molar-refractivity contribution in [2.45, 2.75) is 6.18 Å². The Kier molecular flexibility index (Phi) is 5.02. The van der Waals surface area contributed by atoms with Crippen molar-refractivity contribution in [2.24, 2.45) is 0 Å². The zero-order valence-corrected chi connectivity index (χ0v) is 14.0. The summed E-state index contributed by atoms with van der Waals surface area (Å²) in [5, 5.41) is 5.83. The van der Waals surface area contributed by atoms with Gasteiger partial charge >= 0.3 is 12.3 Å². The lowest BCUT2D eigenvalue weighted by molar-refractivity contribution is -0.141. The summed E-state index contributed by atoms with van der Waals surface area (Å²) in [6.45, 7) is 0. The van der Waals surface area contributed by atoms with Gasteiger partial charge in [-0.25, -0.2) is 9.48 Å². The van der Waals surface area contributed by atoms with E-state index in [1.54, 1.807) is 42.5 Å². The maximum atomic E-state index is 13.1. The molecule has 6 nitrogen and oxygen atoms in total. The number of aromatic nitrogens is 2. The van der Waals surface area contributed by atoms with E-state index in [1.165, 1.54) is 19.2 Å². The summed E-state index contributed by atoms with van der Waals surface area (Å²) in [6.07, 6.45) is -5.61. The Morgan fingerprint density at radius 3 is 2.30 bits per heavy atom. The molecule has 0 aliphatic heterocycles. The second-order valence-corrected chi connectivity index (χ2v) is 5.35. The van der Waals surface area contributed by atoms with Crippen LogP contribution < -0.4 is 14.8 Å². The number of methoxy groups -OCH3 is 1. The zero-order valence-electron chi connectivity index (χ0n) is 14.0. The highest BCUT2D eigenvalue weighted by molar-refractivity contribution is 5.85. The van der Waals surface area contributed by atoms with E-state index in [1.807, 2.05) is 0 Å². The number of anilines is 1. The Morgan fingerprint density at radius 2 is 1.70 bits per heavy atom. The average Bonchev–Trinajstić information content (AvgIpc) is 3.06. The smallest absolute Gasteiger partial charge is 0.435 e. The fraction of sp³-hybridized carbons (Fsp3) is 0.111. The van der Waals surface area contributed by atoms with Crippen LogP contribution in [0.1, 0.15) is 5.69 Å². The number of alkyl halides is 3. The molecule has 0 atom stereocenters. The van der Waals surface area contributed by atoms with Gasteiger partial charge in [0, 0.05) is 6.07 Å². The molecule has 1 heterocycles. The van der Waals surface area contributed by atoms with Crippen LogP contribution in [0.2, 0.25) is 0 Å². The van der Waals surface area contributed by atoms with Gasteiger partial charge in [0.25, 0.3) is 0 Å². The normalized spacial score (nSPS) is 11.1. The first-order chi connectivity index (χ1) is 12.9. The molecule has 0 radical (unpaired) electrons. The summed E-state index contributed by atoms with van der Waals surface area (Å²) in [5.41, 5.74) is -0.838. The summed E-state index contributed by atoms with van der Waals surface area (Å²) < 4.78 is 50.2. The van der Waals surface area contributed by atoms with Gasteiger partial charge in [-0.1, -0.05) is 18.2 Å². The van der Waals surface area contributed by atoms with Crippen molar-refractivity contribution in [3.8, 4) is 17.2 Å². The van der Waals surface area contributed by atoms with E-state index in [4.69, 9.17) is 9.47 Å². The minimum absolute atomic E-state index is 0.187. The van der Waals surface area contributed by atoms with Gasteiger partial charge < -0.3 is 9.47 Å². The molecule has 0 bridgehead atoms. The number of amides is 1. The Morgan fingerprint density at radius 1 is 1.04 bits per heavy atom. The molecule has 0 spiro atoms. The molecule has 0 aliphatic carbocycles. The van der Waals surface area contributed by atoms with Crippen molar-refractivity contribution in [3.63, 3.8) is 0 Å². The molecule has 2 aromatic carbocycles. The van der Waals surface area contributed by atoms with E-state index in [-0.39, 0.29) is 11.6 Å². The SMILES string of the molecule is COc1ccc(-n2nc(C(F)(F)F)cc2NC(=O)Oc2ccccc2)cc1. The summed E-state index contributed by atoms with van der Waals surface area (Å²) >= 11 is 0. The number of ether oxygens (including phenoxy) is 2. The lowest BCUT2D eigenvalue weighted by atomic mass is 10.3. The van der Waals surface area contributed by atoms with E-state index in [9.17, 15) is 18.0 Å². The number of hydrogen-bond acceptors (Lipinski definition) is 4. The summed E-state index contributed by atoms with van der Waals surface area (Å²) in [5.74, 6) is 0.593. The van der Waals surface area contributed by atoms with Crippen molar-refractivity contribution >= 4 is 11.9 Å². The minimum atomic E-state index is -4.67. The Labute approximate surface area is 152 Å². The molecular weight excluding hydrogens is 363 g/mol. The molecule has 0 unspecified atom stereocenters. The quantitative estimate of drug-likeness (QED) is 0.727. The number of benzene rings is 2. The molecule has 3 aromatic rings. The van der Waals surface area contributed by atoms with Gasteiger partial charge in [0.2, 0.25) is 0 Å². The molecule has 3 rings (SSSR count). The molecule has 0 fully saturated rings. The first kappa shape index (κ1) is 18.3. The van der Waals surface area contributed by atoms with Crippen LogP contribution in [-0.4, -0.2) is 23.0 Å². The van der Waals surface area contributed by atoms with Crippen molar-refractivity contribution < 1.29 is 27.4 Å². The van der Waals surface area contributed by atoms with E-state index in [0.717, 1.165) is 10.7 Å². The topological polar surface area (TPSA) is 65.4 Å². The van der Waals surface area contributed by atoms with Gasteiger partial charge in [-0.15, -0.1) is 0 Å². The molecule has 27 heavy (non-hydrogen) atoms. The fourth-order valence-corrected chi connectivity index (χ4v) is 2.25. The maximum Gasteiger partial charge on any atom is 0.435 e. The molecule has 140 valence electrons. The fourth-order valence-electron chi connectivity index (χ4n) is 2.25. The van der Waals surface area contributed by atoms with Crippen molar-refractivity contribution in [2.75, 3.05) is 12.4 Å². The number of rotatable bonds is 4. The van der Waals surface area contributed by atoms with Crippen molar-refractivity contribution in [3.05, 3.63) is 66.4 Å². The highest BCUT2D eigenvalue weighted by atomic mass is 19.4. The third-order valence-corrected chi connectivity index (χ3v) is 3.50. The summed E-state index contributed by atoms with van der Waals surface area (Å²) in [4.78, 5) is 12.0. The van der Waals surface area contributed by atoms with Crippen LogP contribution in [0.4, 0.5) is 23.8 Å². The predicted molar refractivity (Wildman–Crippen MR) is 91.2 cm³/mol. The van der Waals surface area contributed by atoms with Crippen LogP contribution in [0.5, 0.6) is 11.5 Å². The number of nitrogens with zero attached hydrogens (tertiary/aromatic N) is 2. The second-order valence-electron chi connectivity index (χ2n) is 5.35. The van der Waals surface area contributed by atoms with E-state index >= 15 is 0 Å². The van der Waals surface area contributed by atoms with Gasteiger partial charge in [0.1, 0.15) is 17.3 Å². The molecule has 1 amide bonds. The number of carbonyl (C=O) groups excluding carboxylic acids is 1. The number of para-hydroxylation sites is 1. The monoisotopic (exact) mass is 377 g/mol. The van der Waals surface area contributed by atoms with Crippen LogP contribution in [0, 0.1) is 0 Å². The van der Waals surface area contributed by atoms with Crippen LogP contribution >= 0.6 is 0 Å². The standard InChI is InChI=1S/C18H14F3N3O3/c1-26-13-9-7-12(8-10-13)24-16(11-15(23-24)18(19,20)21)22-17(25)27-14-5-3-2-4-6-14/h2-11H,1H3,(H,22,25). The number of nitrogens with one attached hydrogen (secondary N) is 1. The maximum absolute atomic E-state index is 13.1. The van der Waals surface area contributed by atoms with Crippen LogP contribution in [-0.2, 0) is 6.18 Å². The third kappa shape index (κ3) is 4.38. The molecule has 9 heteroatoms. The van der Waals surface area contributed by atoms with Gasteiger partial charge in [0.15, 0.2) is 5.69 Å². The predicted octanol–water partition coefficient (Wildman–Crippen LogP) is 4.51. The Balaban J connectivity index is 1.90. The highest BCUT2D eigenvalue weighted by Gasteiger charge is 2.35. The van der Waals surface area contributed by atoms with E-state index in [2.05, 4.69) is 10.4 Å². The molecule has 1 N–H and O–H groups in total. The van der Waals surface area contributed by atoms with Crippen LogP contribution in [0.15, 0.2) is 60.7 Å². The highest BCUT2D eigenvalue weighted by Crippen LogP contribution is 2.31. The zero-order chi connectivity index (χ0) is 19.4. The van der Waals surface area contributed by atoms with Gasteiger partial charge in [0.05, 0.1) is 12.8 Å². The Hall–Kier alpha value is -3.49. The minimum Gasteiger partial charge on any atom is -0.497 e. The van der Waals surface area contributed by atoms with Crippen LogP contribution in [0.3, 0.4) is 0 Å². The molecule has 0 saturated heterocycles. The first-order valence-corrected chi connectivity index (χ1v) is 7.72. The largest absolute Gasteiger partial charge is 0.497 e. The number of halogens is 3. The van der Waals surface area contributed by atoms with Crippen molar-refractivity contribution in [1.82, 2.24) is 9.78 Å². The summed E-state index contributed by atoms with van der Waals surface area (Å²) in [6, 6.07) is 15.0. The van der Waals surface area contributed by atoms with E-state index in [0.29, 0.717) is 11.4 Å². The third-order valence-electron chi connectivity index (χ3n) is 3.50. The van der Waals surface area contributed by atoms with Gasteiger partial charge in [-0.3, -0.25) is 5.32 Å². The molecule has 1 aromatic heterocycles. The lowest BCUT2D eigenvalue weighted by Gasteiger charge is -2.10. The molecule has 0 saturated carbocycles. The lowest BCUT2D eigenvalue weighted by Crippen LogP contribution is -2.19. The van der Waals surface area contributed by atoms with Crippen molar-refractivity contribution in [1.29, 1.82) is 0 Å². The molecule has 0 aliphatic rings. The van der Waals surface area contributed by atoms with Gasteiger partial charge in [-0.05, 0) is 36.4 Å².